The highest BCUT2D eigenvalue weighted by Gasteiger charge is 2.61. The lowest BCUT2D eigenvalue weighted by Gasteiger charge is -2.46. The highest BCUT2D eigenvalue weighted by atomic mass is 19.1. The number of aliphatic hydroxyl groups is 1. The number of hydrogen-bond acceptors (Lipinski definition) is 12. The number of methoxy groups -OCH3 is 1. The van der Waals surface area contributed by atoms with E-state index in [2.05, 4.69) is 10.3 Å². The van der Waals surface area contributed by atoms with Gasteiger partial charge in [0.25, 0.3) is 5.67 Å². The van der Waals surface area contributed by atoms with E-state index in [0.717, 1.165) is 18.2 Å². The van der Waals surface area contributed by atoms with Gasteiger partial charge in [0.15, 0.2) is 17.7 Å². The van der Waals surface area contributed by atoms with Crippen molar-refractivity contribution >= 4 is 23.6 Å². The summed E-state index contributed by atoms with van der Waals surface area (Å²) in [6.07, 6.45) is -1.23. The maximum atomic E-state index is 16.9. The van der Waals surface area contributed by atoms with Gasteiger partial charge in [-0.2, -0.15) is 0 Å². The van der Waals surface area contributed by atoms with Crippen LogP contribution in [-0.2, 0) is 44.6 Å². The van der Waals surface area contributed by atoms with Crippen molar-refractivity contribution < 1.29 is 56.7 Å². The maximum absolute atomic E-state index is 16.9. The summed E-state index contributed by atoms with van der Waals surface area (Å²) in [4.78, 5) is 62.7. The van der Waals surface area contributed by atoms with E-state index in [9.17, 15) is 28.7 Å². The first-order chi connectivity index (χ1) is 28.3. The summed E-state index contributed by atoms with van der Waals surface area (Å²) < 4.78 is 62.3. The van der Waals surface area contributed by atoms with Crippen LogP contribution in [0.15, 0.2) is 42.9 Å². The first-order valence-corrected chi connectivity index (χ1v) is 21.2. The number of aryl methyl sites for hydroxylation is 1. The topological polar surface area (TPSA) is 168 Å². The van der Waals surface area contributed by atoms with E-state index in [1.807, 2.05) is 41.1 Å². The molecule has 1 amide bonds. The molecule has 4 heterocycles. The minimum atomic E-state index is -3.22. The minimum absolute atomic E-state index is 0.0241. The Balaban J connectivity index is 1.45. The first kappa shape index (κ1) is 47.2. The number of halogens is 2. The molecule has 16 heteroatoms. The number of esters is 1. The predicted molar refractivity (Wildman–Crippen MR) is 217 cm³/mol. The van der Waals surface area contributed by atoms with Crippen LogP contribution < -0.4 is 5.32 Å². The van der Waals surface area contributed by atoms with Crippen LogP contribution in [0, 0.1) is 17.8 Å². The van der Waals surface area contributed by atoms with Crippen molar-refractivity contribution in [2.24, 2.45) is 17.8 Å². The maximum Gasteiger partial charge on any atom is 0.410 e. The number of cyclic esters (lactones) is 1. The van der Waals surface area contributed by atoms with Crippen molar-refractivity contribution in [1.82, 2.24) is 19.8 Å². The molecule has 0 aliphatic carbocycles. The molecule has 13 atom stereocenters. The molecular formula is C44H64F2N4O10. The van der Waals surface area contributed by atoms with E-state index in [4.69, 9.17) is 23.7 Å². The molecule has 0 radical (unpaired) electrons. The SMILES string of the molecule is CC[C@H]1OC(=O)[C@@](C)(F)C(=O)[C@@H](C)[C@@H](O[C@@H]2O[C@H](C)C[C@H](NCCF)[C@@H]2O)[C@](C)(OC)C[C@@H](C)C(=O)[C@H](C)C2N(CCCCn3cnc(-c4ccccc4)c3)C(=O)O[C@@]21C. The van der Waals surface area contributed by atoms with Crippen molar-refractivity contribution in [2.45, 2.75) is 154 Å². The van der Waals surface area contributed by atoms with E-state index < -0.39 is 102 Å². The summed E-state index contributed by atoms with van der Waals surface area (Å²) in [6.45, 7) is 12.4. The van der Waals surface area contributed by atoms with Crippen LogP contribution >= 0.6 is 0 Å². The van der Waals surface area contributed by atoms with E-state index in [0.29, 0.717) is 25.8 Å². The number of unbranched alkanes of at least 4 members (excludes halogenated alkanes) is 1. The summed E-state index contributed by atoms with van der Waals surface area (Å²) in [5.41, 5.74) is -4.50. The third-order valence-corrected chi connectivity index (χ3v) is 12.8. The summed E-state index contributed by atoms with van der Waals surface area (Å²) >= 11 is 0. The van der Waals surface area contributed by atoms with Gasteiger partial charge in [0.1, 0.15) is 24.7 Å². The first-order valence-electron chi connectivity index (χ1n) is 21.2. The van der Waals surface area contributed by atoms with Gasteiger partial charge in [0.05, 0.1) is 35.9 Å². The molecule has 2 N–H and O–H groups in total. The number of ether oxygens (including phenoxy) is 5. The molecule has 2 aromatic rings. The number of rotatable bonds is 13. The zero-order valence-electron chi connectivity index (χ0n) is 36.4. The standard InChI is InChI=1S/C44H64F2N4O10/c1-10-33-44(8)36(50(41(55)60-44)21-15-14-20-49-24-32(48-25-49)30-16-12-11-13-17-30)28(4)34(51)26(2)23-42(6,56-9)38(29(5)37(53)43(7,46)40(54)58-33)59-39-35(52)31(47-19-18-45)22-27(3)57-39/h11-13,16-17,24-29,31,33,35-36,38-39,47,52H,10,14-15,18-23H2,1-9H3/t26-,27-,28+,29-,31+,33-,35+,36?,38-,39+,42-,43+,44-/m1/s1. The lowest BCUT2D eigenvalue weighted by molar-refractivity contribution is -0.290. The number of ketones is 2. The second-order valence-electron chi connectivity index (χ2n) is 17.4. The molecule has 334 valence electrons. The van der Waals surface area contributed by atoms with Crippen molar-refractivity contribution in [3.63, 3.8) is 0 Å². The quantitative estimate of drug-likeness (QED) is 0.145. The predicted octanol–water partition coefficient (Wildman–Crippen LogP) is 5.62. The third kappa shape index (κ3) is 9.77. The normalized spacial score (nSPS) is 37.0. The zero-order chi connectivity index (χ0) is 44.2. The minimum Gasteiger partial charge on any atom is -0.455 e. The summed E-state index contributed by atoms with van der Waals surface area (Å²) in [7, 11) is 1.37. The monoisotopic (exact) mass is 846 g/mol. The van der Waals surface area contributed by atoms with Gasteiger partial charge >= 0.3 is 12.1 Å². The van der Waals surface area contributed by atoms with Gasteiger partial charge in [-0.1, -0.05) is 58.0 Å². The van der Waals surface area contributed by atoms with Crippen LogP contribution in [0.25, 0.3) is 11.3 Å². The highest BCUT2D eigenvalue weighted by Crippen LogP contribution is 2.43. The number of fused-ring (bicyclic) bond motifs is 1. The molecule has 3 saturated heterocycles. The summed E-state index contributed by atoms with van der Waals surface area (Å²) in [5, 5.41) is 14.3. The Kier molecular flexibility index (Phi) is 15.3. The number of alkyl halides is 2. The Hall–Kier alpha value is -3.83. The Bertz CT molecular complexity index is 1800. The zero-order valence-corrected chi connectivity index (χ0v) is 36.4. The average Bonchev–Trinajstić information content (AvgIpc) is 3.80. The van der Waals surface area contributed by atoms with Crippen LogP contribution in [0.5, 0.6) is 0 Å². The molecule has 3 aliphatic rings. The second-order valence-corrected chi connectivity index (χ2v) is 17.4. The van der Waals surface area contributed by atoms with Gasteiger partial charge in [-0.3, -0.25) is 9.59 Å². The molecule has 0 saturated carbocycles. The number of amides is 1. The molecule has 1 unspecified atom stereocenters. The number of imidazole rings is 1. The van der Waals surface area contributed by atoms with Crippen molar-refractivity contribution in [3.8, 4) is 11.3 Å². The lowest BCUT2D eigenvalue weighted by Crippen LogP contribution is -2.62. The Labute approximate surface area is 352 Å². The number of carbonyl (C=O) groups is 4. The number of nitrogens with one attached hydrogen (secondary N) is 1. The van der Waals surface area contributed by atoms with E-state index in [-0.39, 0.29) is 31.7 Å². The Morgan fingerprint density at radius 2 is 1.70 bits per heavy atom. The van der Waals surface area contributed by atoms with Crippen LogP contribution in [0.1, 0.15) is 87.5 Å². The molecule has 3 aliphatic heterocycles. The molecular weight excluding hydrogens is 782 g/mol. The van der Waals surface area contributed by atoms with E-state index in [1.165, 1.54) is 18.9 Å². The molecule has 1 aromatic heterocycles. The van der Waals surface area contributed by atoms with Gasteiger partial charge in [0.2, 0.25) is 0 Å². The second kappa shape index (κ2) is 19.5. The largest absolute Gasteiger partial charge is 0.455 e. The van der Waals surface area contributed by atoms with Crippen molar-refractivity contribution in [3.05, 3.63) is 42.9 Å². The molecule has 0 spiro atoms. The number of nitrogens with zero attached hydrogens (tertiary/aromatic N) is 3. The van der Waals surface area contributed by atoms with Gasteiger partial charge in [-0.15, -0.1) is 0 Å². The summed E-state index contributed by atoms with van der Waals surface area (Å²) in [5.74, 6) is -6.01. The van der Waals surface area contributed by atoms with Crippen LogP contribution in [0.3, 0.4) is 0 Å². The third-order valence-electron chi connectivity index (χ3n) is 12.8. The Morgan fingerprint density at radius 3 is 2.35 bits per heavy atom. The van der Waals surface area contributed by atoms with Crippen molar-refractivity contribution in [2.75, 3.05) is 26.9 Å². The van der Waals surface area contributed by atoms with Gasteiger partial charge < -0.3 is 43.6 Å². The number of aliphatic hydroxyl groups excluding tert-OH is 1. The number of Topliss-reactive ketones (excluding diaryl/α,β-unsaturated/α-hetero) is 2. The molecule has 1 aromatic carbocycles. The van der Waals surface area contributed by atoms with Gasteiger partial charge in [0, 0.05) is 62.3 Å². The van der Waals surface area contributed by atoms with Crippen LogP contribution in [0.2, 0.25) is 0 Å². The summed E-state index contributed by atoms with van der Waals surface area (Å²) in [6, 6.07) is 8.23. The number of aromatic nitrogens is 2. The fraction of sp³-hybridized carbons (Fsp3) is 0.705. The van der Waals surface area contributed by atoms with Crippen molar-refractivity contribution in [1.29, 1.82) is 0 Å². The fourth-order valence-electron chi connectivity index (χ4n) is 9.48. The Morgan fingerprint density at radius 1 is 1.02 bits per heavy atom. The molecule has 60 heavy (non-hydrogen) atoms. The highest BCUT2D eigenvalue weighted by molar-refractivity contribution is 6.08. The van der Waals surface area contributed by atoms with Gasteiger partial charge in [-0.05, 0) is 59.8 Å². The number of benzene rings is 1. The lowest BCUT2D eigenvalue weighted by atomic mass is 9.73. The van der Waals surface area contributed by atoms with Crippen LogP contribution in [-0.4, -0.2) is 130 Å². The molecule has 0 bridgehead atoms. The van der Waals surface area contributed by atoms with Gasteiger partial charge in [-0.25, -0.2) is 23.4 Å². The number of carbonyl (C=O) groups excluding carboxylic acids is 4. The van der Waals surface area contributed by atoms with E-state index in [1.54, 1.807) is 47.9 Å². The average molecular weight is 847 g/mol. The smallest absolute Gasteiger partial charge is 0.410 e. The van der Waals surface area contributed by atoms with E-state index >= 15 is 4.39 Å². The molecule has 3 fully saturated rings. The molecule has 14 nitrogen and oxygen atoms in total. The van der Waals surface area contributed by atoms with Crippen LogP contribution in [0.4, 0.5) is 13.6 Å². The number of hydrogen-bond donors (Lipinski definition) is 2. The fourth-order valence-corrected chi connectivity index (χ4v) is 9.48. The molecule has 5 rings (SSSR count).